The normalized spacial score (nSPS) is 21.9. The van der Waals surface area contributed by atoms with Gasteiger partial charge in [-0.15, -0.1) is 0 Å². The van der Waals surface area contributed by atoms with Crippen LogP contribution in [0.25, 0.3) is 6.08 Å². The van der Waals surface area contributed by atoms with E-state index in [0.717, 1.165) is 11.1 Å². The van der Waals surface area contributed by atoms with E-state index < -0.39 is 17.3 Å². The van der Waals surface area contributed by atoms with Crippen molar-refractivity contribution in [2.45, 2.75) is 18.8 Å². The molecule has 2 atom stereocenters. The van der Waals surface area contributed by atoms with E-state index in [0.29, 0.717) is 0 Å². The van der Waals surface area contributed by atoms with Gasteiger partial charge in [0.15, 0.2) is 5.41 Å². The van der Waals surface area contributed by atoms with E-state index in [-0.39, 0.29) is 24.4 Å². The number of allylic oxidation sites excluding steroid dienone is 1. The summed E-state index contributed by atoms with van der Waals surface area (Å²) >= 11 is 0. The molecular weight excluding hydrogens is 327 g/mol. The van der Waals surface area contributed by atoms with Gasteiger partial charge in [-0.05, 0) is 23.3 Å². The molecule has 0 bridgehead atoms. The number of carbonyl (C=O) groups is 1. The molecule has 0 amide bonds. The lowest BCUT2D eigenvalue weighted by Crippen LogP contribution is -2.40. The van der Waals surface area contributed by atoms with Crippen LogP contribution in [0, 0.1) is 39.8 Å². The molecule has 3 nitrogen and oxygen atoms in total. The van der Waals surface area contributed by atoms with E-state index >= 15 is 0 Å². The van der Waals surface area contributed by atoms with Gasteiger partial charge in [-0.2, -0.15) is 10.5 Å². The van der Waals surface area contributed by atoms with Crippen molar-refractivity contribution in [1.29, 1.82) is 10.5 Å². The maximum absolute atomic E-state index is 13.0. The van der Waals surface area contributed by atoms with Crippen LogP contribution in [0.4, 0.5) is 4.39 Å². The lowest BCUT2D eigenvalue weighted by atomic mass is 9.59. The standard InChI is InChI=1S/C22H17FN2O/c23-19-10-7-16(8-11-19)6-9-18-12-20(26)13-21(22(18,14-24)15-25)17-4-2-1-3-5-17/h1-11,18,21H,12-13H2/b9-6+/t18-,21+/m1/s1. The van der Waals surface area contributed by atoms with Gasteiger partial charge in [-0.3, -0.25) is 4.79 Å². The predicted octanol–water partition coefficient (Wildman–Crippen LogP) is 4.64. The Hall–Kier alpha value is -3.24. The number of Topliss-reactive ketones (excluding diaryl/α,β-unsaturated/α-hetero) is 1. The Balaban J connectivity index is 2.00. The molecule has 128 valence electrons. The van der Waals surface area contributed by atoms with Gasteiger partial charge in [0, 0.05) is 24.7 Å². The van der Waals surface area contributed by atoms with E-state index in [1.165, 1.54) is 12.1 Å². The minimum Gasteiger partial charge on any atom is -0.300 e. The van der Waals surface area contributed by atoms with E-state index in [2.05, 4.69) is 12.1 Å². The lowest BCUT2D eigenvalue weighted by molar-refractivity contribution is -0.123. The predicted molar refractivity (Wildman–Crippen MR) is 96.0 cm³/mol. The quantitative estimate of drug-likeness (QED) is 0.815. The second-order valence-electron chi connectivity index (χ2n) is 6.52. The molecule has 0 saturated heterocycles. The highest BCUT2D eigenvalue weighted by atomic mass is 19.1. The highest BCUT2D eigenvalue weighted by Gasteiger charge is 2.51. The smallest absolute Gasteiger partial charge is 0.157 e. The summed E-state index contributed by atoms with van der Waals surface area (Å²) in [5.41, 5.74) is 0.264. The minimum absolute atomic E-state index is 0.0359. The highest BCUT2D eigenvalue weighted by Crippen LogP contribution is 2.49. The molecule has 0 aromatic heterocycles. The highest BCUT2D eigenvalue weighted by molar-refractivity contribution is 5.82. The van der Waals surface area contributed by atoms with Gasteiger partial charge in [0.05, 0.1) is 12.1 Å². The Morgan fingerprint density at radius 2 is 1.65 bits per heavy atom. The van der Waals surface area contributed by atoms with Crippen molar-refractivity contribution in [2.24, 2.45) is 11.3 Å². The summed E-state index contributed by atoms with van der Waals surface area (Å²) in [6.07, 6.45) is 3.83. The molecule has 0 unspecified atom stereocenters. The Kier molecular flexibility index (Phi) is 4.96. The van der Waals surface area contributed by atoms with Gasteiger partial charge in [0.1, 0.15) is 11.6 Å². The number of carbonyl (C=O) groups excluding carboxylic acids is 1. The number of nitriles is 2. The summed E-state index contributed by atoms with van der Waals surface area (Å²) in [6, 6.07) is 19.6. The third-order valence-electron chi connectivity index (χ3n) is 4.98. The van der Waals surface area contributed by atoms with E-state index in [1.807, 2.05) is 30.3 Å². The molecule has 0 radical (unpaired) electrons. The minimum atomic E-state index is -1.31. The lowest BCUT2D eigenvalue weighted by Gasteiger charge is -2.38. The molecule has 2 aromatic carbocycles. The molecule has 26 heavy (non-hydrogen) atoms. The number of rotatable bonds is 3. The van der Waals surface area contributed by atoms with Crippen LogP contribution >= 0.6 is 0 Å². The van der Waals surface area contributed by atoms with Crippen molar-refractivity contribution < 1.29 is 9.18 Å². The van der Waals surface area contributed by atoms with Crippen molar-refractivity contribution in [1.82, 2.24) is 0 Å². The van der Waals surface area contributed by atoms with Crippen LogP contribution in [0.2, 0.25) is 0 Å². The van der Waals surface area contributed by atoms with Gasteiger partial charge in [-0.1, -0.05) is 54.6 Å². The summed E-state index contributed by atoms with van der Waals surface area (Å²) in [4.78, 5) is 12.3. The fourth-order valence-electron chi connectivity index (χ4n) is 3.57. The molecule has 1 aliphatic carbocycles. The van der Waals surface area contributed by atoms with Crippen LogP contribution in [0.3, 0.4) is 0 Å². The zero-order valence-corrected chi connectivity index (χ0v) is 14.1. The Morgan fingerprint density at radius 3 is 2.27 bits per heavy atom. The van der Waals surface area contributed by atoms with Crippen molar-refractivity contribution in [3.63, 3.8) is 0 Å². The number of hydrogen-bond acceptors (Lipinski definition) is 3. The molecule has 4 heteroatoms. The fourth-order valence-corrected chi connectivity index (χ4v) is 3.57. The first-order valence-electron chi connectivity index (χ1n) is 8.42. The zero-order valence-electron chi connectivity index (χ0n) is 14.1. The van der Waals surface area contributed by atoms with Crippen molar-refractivity contribution in [3.05, 3.63) is 77.6 Å². The third kappa shape index (κ3) is 3.27. The summed E-state index contributed by atoms with van der Waals surface area (Å²) in [5, 5.41) is 19.8. The molecule has 0 N–H and O–H groups in total. The molecule has 0 aliphatic heterocycles. The Bertz CT molecular complexity index is 890. The van der Waals surface area contributed by atoms with Gasteiger partial charge < -0.3 is 0 Å². The fraction of sp³-hybridized carbons (Fsp3) is 0.227. The number of halogens is 1. The van der Waals surface area contributed by atoms with Crippen molar-refractivity contribution in [2.75, 3.05) is 0 Å². The molecule has 0 spiro atoms. The largest absolute Gasteiger partial charge is 0.300 e. The SMILES string of the molecule is N#CC1(C#N)[C@H](/C=C/c2ccc(F)cc2)CC(=O)C[C@H]1c1ccccc1. The number of benzene rings is 2. The summed E-state index contributed by atoms with van der Waals surface area (Å²) in [5.74, 6) is -1.28. The van der Waals surface area contributed by atoms with Crippen LogP contribution < -0.4 is 0 Å². The van der Waals surface area contributed by atoms with E-state index in [4.69, 9.17) is 0 Å². The van der Waals surface area contributed by atoms with E-state index in [9.17, 15) is 19.7 Å². The molecule has 1 aliphatic rings. The third-order valence-corrected chi connectivity index (χ3v) is 4.98. The van der Waals surface area contributed by atoms with Crippen molar-refractivity contribution >= 4 is 11.9 Å². The maximum Gasteiger partial charge on any atom is 0.157 e. The second kappa shape index (κ2) is 7.33. The van der Waals surface area contributed by atoms with Gasteiger partial charge >= 0.3 is 0 Å². The first-order valence-corrected chi connectivity index (χ1v) is 8.42. The summed E-state index contributed by atoms with van der Waals surface area (Å²) in [7, 11) is 0. The topological polar surface area (TPSA) is 64.7 Å². The van der Waals surface area contributed by atoms with Crippen LogP contribution in [-0.2, 0) is 4.79 Å². The second-order valence-corrected chi connectivity index (χ2v) is 6.52. The zero-order chi connectivity index (χ0) is 18.6. The maximum atomic E-state index is 13.0. The summed E-state index contributed by atoms with van der Waals surface area (Å²) < 4.78 is 13.0. The van der Waals surface area contributed by atoms with E-state index in [1.54, 1.807) is 24.3 Å². The average Bonchev–Trinajstić information content (AvgIpc) is 2.68. The van der Waals surface area contributed by atoms with Crippen molar-refractivity contribution in [3.8, 4) is 12.1 Å². The molecule has 0 heterocycles. The Morgan fingerprint density at radius 1 is 1.00 bits per heavy atom. The molecule has 1 saturated carbocycles. The molecular formula is C22H17FN2O. The van der Waals surface area contributed by atoms with Crippen LogP contribution in [-0.4, -0.2) is 5.78 Å². The van der Waals surface area contributed by atoms with Crippen LogP contribution in [0.15, 0.2) is 60.7 Å². The van der Waals surface area contributed by atoms with Gasteiger partial charge in [0.2, 0.25) is 0 Å². The van der Waals surface area contributed by atoms with Gasteiger partial charge in [-0.25, -0.2) is 4.39 Å². The van der Waals surface area contributed by atoms with Crippen LogP contribution in [0.5, 0.6) is 0 Å². The monoisotopic (exact) mass is 344 g/mol. The summed E-state index contributed by atoms with van der Waals surface area (Å²) in [6.45, 7) is 0. The molecule has 3 rings (SSSR count). The number of hydrogen-bond donors (Lipinski definition) is 0. The number of nitrogens with zero attached hydrogens (tertiary/aromatic N) is 2. The van der Waals surface area contributed by atoms with Gasteiger partial charge in [0.25, 0.3) is 0 Å². The Labute approximate surface area is 152 Å². The first-order chi connectivity index (χ1) is 12.6. The molecule has 2 aromatic rings. The van der Waals surface area contributed by atoms with Crippen LogP contribution in [0.1, 0.15) is 29.9 Å². The number of ketones is 1. The average molecular weight is 344 g/mol. The molecule has 1 fully saturated rings. The first kappa shape index (κ1) is 17.6.